The molecular formula is C24H17FN4O2S. The third-order valence-corrected chi connectivity index (χ3v) is 6.19. The molecule has 158 valence electrons. The Kier molecular flexibility index (Phi) is 5.12. The van der Waals surface area contributed by atoms with E-state index in [4.69, 9.17) is 0 Å². The lowest BCUT2D eigenvalue weighted by Gasteiger charge is -2.08. The molecule has 2 amide bonds. The Balaban J connectivity index is 1.34. The highest BCUT2D eigenvalue weighted by molar-refractivity contribution is 7.21. The monoisotopic (exact) mass is 444 g/mol. The topological polar surface area (TPSA) is 86.9 Å². The second-order valence-electron chi connectivity index (χ2n) is 7.22. The molecule has 0 bridgehead atoms. The Labute approximate surface area is 186 Å². The summed E-state index contributed by atoms with van der Waals surface area (Å²) in [5, 5.41) is 7.48. The molecule has 0 aliphatic heterocycles. The van der Waals surface area contributed by atoms with Gasteiger partial charge in [-0.3, -0.25) is 9.59 Å². The van der Waals surface area contributed by atoms with Crippen molar-refractivity contribution in [1.82, 2.24) is 9.97 Å². The molecule has 0 spiro atoms. The largest absolute Gasteiger partial charge is 0.346 e. The average molecular weight is 444 g/mol. The highest BCUT2D eigenvalue weighted by atomic mass is 32.1. The molecular weight excluding hydrogens is 427 g/mol. The molecule has 5 rings (SSSR count). The highest BCUT2D eigenvalue weighted by Crippen LogP contribution is 2.31. The molecule has 3 N–H and O–H groups in total. The minimum atomic E-state index is -0.603. The first-order valence-electron chi connectivity index (χ1n) is 9.84. The number of thiophene rings is 1. The van der Waals surface area contributed by atoms with E-state index in [1.165, 1.54) is 11.3 Å². The summed E-state index contributed by atoms with van der Waals surface area (Å²) in [4.78, 5) is 33.4. The number of nitrogens with zero attached hydrogens (tertiary/aromatic N) is 1. The molecule has 0 saturated carbocycles. The van der Waals surface area contributed by atoms with Crippen LogP contribution in [0.5, 0.6) is 0 Å². The van der Waals surface area contributed by atoms with Crippen molar-refractivity contribution in [2.45, 2.75) is 6.67 Å². The van der Waals surface area contributed by atoms with E-state index in [0.717, 1.165) is 21.1 Å². The van der Waals surface area contributed by atoms with Crippen LogP contribution in [0, 0.1) is 0 Å². The zero-order valence-electron chi connectivity index (χ0n) is 16.7. The number of amides is 2. The molecule has 8 heteroatoms. The standard InChI is InChI=1S/C24H17FN4O2S/c25-12-14-3-1-5-17(9-14)28-23(30)15-4-2-6-18(10-15)29-24(31)20-11-16-13-27-22-19(7-8-26-22)21(16)32-20/h1-11,13H,12H2,(H,26,27)(H,28,30)(H,29,31). The molecule has 0 unspecified atom stereocenters. The van der Waals surface area contributed by atoms with Crippen molar-refractivity contribution in [3.8, 4) is 0 Å². The van der Waals surface area contributed by atoms with Gasteiger partial charge < -0.3 is 15.6 Å². The summed E-state index contributed by atoms with van der Waals surface area (Å²) in [5.74, 6) is -0.608. The van der Waals surface area contributed by atoms with E-state index < -0.39 is 6.67 Å². The first kappa shape index (κ1) is 19.9. The highest BCUT2D eigenvalue weighted by Gasteiger charge is 2.14. The van der Waals surface area contributed by atoms with E-state index in [2.05, 4.69) is 20.6 Å². The SMILES string of the molecule is O=C(Nc1cccc(CF)c1)c1cccc(NC(=O)c2cc3cnc4[nH]ccc4c3s2)c1. The molecule has 3 heterocycles. The maximum absolute atomic E-state index is 12.9. The van der Waals surface area contributed by atoms with E-state index in [-0.39, 0.29) is 11.8 Å². The molecule has 6 nitrogen and oxygen atoms in total. The third-order valence-electron chi connectivity index (χ3n) is 5.01. The Morgan fingerprint density at radius 3 is 2.59 bits per heavy atom. The van der Waals surface area contributed by atoms with Crippen molar-refractivity contribution in [1.29, 1.82) is 0 Å². The minimum absolute atomic E-state index is 0.261. The number of carbonyl (C=O) groups is 2. The summed E-state index contributed by atoms with van der Waals surface area (Å²) in [5.41, 5.74) is 2.65. The number of hydrogen-bond acceptors (Lipinski definition) is 4. The van der Waals surface area contributed by atoms with E-state index in [0.29, 0.717) is 27.4 Å². The second kappa shape index (κ2) is 8.24. The van der Waals surface area contributed by atoms with Gasteiger partial charge >= 0.3 is 0 Å². The quantitative estimate of drug-likeness (QED) is 0.322. The number of fused-ring (bicyclic) bond motifs is 3. The van der Waals surface area contributed by atoms with E-state index >= 15 is 0 Å². The molecule has 3 aromatic heterocycles. The Hall–Kier alpha value is -4.04. The summed E-state index contributed by atoms with van der Waals surface area (Å²) < 4.78 is 13.8. The Bertz CT molecular complexity index is 1470. The van der Waals surface area contributed by atoms with Crippen molar-refractivity contribution in [3.05, 3.63) is 89.1 Å². The van der Waals surface area contributed by atoms with E-state index in [9.17, 15) is 14.0 Å². The number of H-pyrrole nitrogens is 1. The van der Waals surface area contributed by atoms with Gasteiger partial charge in [-0.15, -0.1) is 11.3 Å². The van der Waals surface area contributed by atoms with Crippen LogP contribution in [0.1, 0.15) is 25.6 Å². The number of benzene rings is 2. The van der Waals surface area contributed by atoms with Gasteiger partial charge in [-0.1, -0.05) is 18.2 Å². The number of aromatic nitrogens is 2. The Morgan fingerprint density at radius 2 is 1.75 bits per heavy atom. The number of rotatable bonds is 5. The summed E-state index contributed by atoms with van der Waals surface area (Å²) in [7, 11) is 0. The second-order valence-corrected chi connectivity index (χ2v) is 8.27. The molecule has 0 atom stereocenters. The summed E-state index contributed by atoms with van der Waals surface area (Å²) in [6.07, 6.45) is 3.56. The fraction of sp³-hybridized carbons (Fsp3) is 0.0417. The van der Waals surface area contributed by atoms with Crippen LogP contribution in [-0.2, 0) is 6.67 Å². The first-order valence-corrected chi connectivity index (χ1v) is 10.7. The third kappa shape index (κ3) is 3.83. The fourth-order valence-corrected chi connectivity index (χ4v) is 4.53. The molecule has 0 fully saturated rings. The summed E-state index contributed by atoms with van der Waals surface area (Å²) >= 11 is 1.39. The molecule has 0 aliphatic carbocycles. The number of pyridine rings is 1. The maximum atomic E-state index is 12.9. The van der Waals surface area contributed by atoms with Crippen LogP contribution in [0.3, 0.4) is 0 Å². The van der Waals surface area contributed by atoms with E-state index in [1.54, 1.807) is 54.7 Å². The van der Waals surface area contributed by atoms with Crippen LogP contribution in [0.2, 0.25) is 0 Å². The number of alkyl halides is 1. The fourth-order valence-electron chi connectivity index (χ4n) is 3.47. The minimum Gasteiger partial charge on any atom is -0.346 e. The van der Waals surface area contributed by atoms with E-state index in [1.807, 2.05) is 18.3 Å². The van der Waals surface area contributed by atoms with Crippen molar-refractivity contribution >= 4 is 55.6 Å². The molecule has 0 saturated heterocycles. The van der Waals surface area contributed by atoms with Crippen molar-refractivity contribution < 1.29 is 14.0 Å². The van der Waals surface area contributed by atoms with Crippen LogP contribution < -0.4 is 10.6 Å². The van der Waals surface area contributed by atoms with Crippen LogP contribution in [0.4, 0.5) is 15.8 Å². The number of hydrogen-bond donors (Lipinski definition) is 3. The predicted molar refractivity (Wildman–Crippen MR) is 125 cm³/mol. The number of aromatic amines is 1. The first-order chi connectivity index (χ1) is 15.6. The maximum Gasteiger partial charge on any atom is 0.265 e. The van der Waals surface area contributed by atoms with Gasteiger partial charge in [0, 0.05) is 44.8 Å². The van der Waals surface area contributed by atoms with Crippen LogP contribution >= 0.6 is 11.3 Å². The molecule has 0 aliphatic rings. The van der Waals surface area contributed by atoms with Gasteiger partial charge in [0.25, 0.3) is 11.8 Å². The molecule has 32 heavy (non-hydrogen) atoms. The van der Waals surface area contributed by atoms with Gasteiger partial charge in [-0.2, -0.15) is 0 Å². The molecule has 0 radical (unpaired) electrons. The number of carbonyl (C=O) groups excluding carboxylic acids is 2. The number of halogens is 1. The normalized spacial score (nSPS) is 11.0. The number of nitrogens with one attached hydrogen (secondary N) is 3. The summed E-state index contributed by atoms with van der Waals surface area (Å²) in [6, 6.07) is 17.0. The smallest absolute Gasteiger partial charge is 0.265 e. The zero-order valence-corrected chi connectivity index (χ0v) is 17.5. The van der Waals surface area contributed by atoms with Crippen molar-refractivity contribution in [2.24, 2.45) is 0 Å². The van der Waals surface area contributed by atoms with Gasteiger partial charge in [0.2, 0.25) is 0 Å². The van der Waals surface area contributed by atoms with Gasteiger partial charge in [-0.25, -0.2) is 9.37 Å². The van der Waals surface area contributed by atoms with Crippen molar-refractivity contribution in [3.63, 3.8) is 0 Å². The van der Waals surface area contributed by atoms with Crippen molar-refractivity contribution in [2.75, 3.05) is 10.6 Å². The predicted octanol–water partition coefficient (Wildman–Crippen LogP) is 5.75. The van der Waals surface area contributed by atoms with Crippen LogP contribution in [0.15, 0.2) is 73.1 Å². The lowest BCUT2D eigenvalue weighted by Crippen LogP contribution is -2.14. The lowest BCUT2D eigenvalue weighted by molar-refractivity contribution is 0.101. The Morgan fingerprint density at radius 1 is 0.969 bits per heavy atom. The summed E-state index contributed by atoms with van der Waals surface area (Å²) in [6.45, 7) is -0.603. The van der Waals surface area contributed by atoms with Gasteiger partial charge in [0.1, 0.15) is 12.3 Å². The van der Waals surface area contributed by atoms with Gasteiger partial charge in [0.05, 0.1) is 4.88 Å². The lowest BCUT2D eigenvalue weighted by atomic mass is 10.1. The van der Waals surface area contributed by atoms with Gasteiger partial charge in [0.15, 0.2) is 0 Å². The van der Waals surface area contributed by atoms with Crippen LogP contribution in [0.25, 0.3) is 21.1 Å². The van der Waals surface area contributed by atoms with Crippen LogP contribution in [-0.4, -0.2) is 21.8 Å². The molecule has 2 aromatic carbocycles. The average Bonchev–Trinajstić information content (AvgIpc) is 3.46. The number of anilines is 2. The zero-order chi connectivity index (χ0) is 22.1. The van der Waals surface area contributed by atoms with Gasteiger partial charge in [-0.05, 0) is 48.0 Å². The molecule has 5 aromatic rings.